The van der Waals surface area contributed by atoms with Crippen LogP contribution in [0, 0.1) is 13.8 Å². The smallest absolute Gasteiger partial charge is 0.243 e. The second-order valence-electron chi connectivity index (χ2n) is 9.95. The number of hydrogen-bond donors (Lipinski definition) is 1. The van der Waals surface area contributed by atoms with Crippen molar-refractivity contribution in [1.82, 2.24) is 19.2 Å². The molecule has 5 rings (SSSR count). The number of nitrogens with one attached hydrogen (secondary N) is 1. The van der Waals surface area contributed by atoms with Crippen LogP contribution >= 0.6 is 0 Å². The van der Waals surface area contributed by atoms with Gasteiger partial charge in [0.15, 0.2) is 0 Å². The number of piperazine rings is 1. The zero-order chi connectivity index (χ0) is 26.9. The molecule has 0 aliphatic carbocycles. The van der Waals surface area contributed by atoms with Crippen LogP contribution in [0.2, 0.25) is 0 Å². The maximum atomic E-state index is 13.2. The molecular weight excluding hydrogens is 494 g/mol. The maximum Gasteiger partial charge on any atom is 0.243 e. The minimum absolute atomic E-state index is 0.0631. The fraction of sp³-hybridized carbons (Fsp3) is 0.333. The Labute approximate surface area is 225 Å². The normalized spacial score (nSPS) is 16.0. The first-order valence-corrected chi connectivity index (χ1v) is 14.6. The van der Waals surface area contributed by atoms with Crippen LogP contribution < -0.4 is 5.32 Å². The molecule has 1 saturated heterocycles. The third kappa shape index (κ3) is 5.16. The van der Waals surface area contributed by atoms with E-state index in [1.807, 2.05) is 36.4 Å². The fourth-order valence-corrected chi connectivity index (χ4v) is 6.47. The predicted molar refractivity (Wildman–Crippen MR) is 153 cm³/mol. The summed E-state index contributed by atoms with van der Waals surface area (Å²) in [5.74, 6) is 1.51. The highest BCUT2D eigenvalue weighted by atomic mass is 32.2. The second kappa shape index (κ2) is 10.8. The second-order valence-corrected chi connectivity index (χ2v) is 11.9. The van der Waals surface area contributed by atoms with Crippen molar-refractivity contribution in [3.63, 3.8) is 0 Å². The molecule has 2 heterocycles. The average molecular weight is 530 g/mol. The monoisotopic (exact) mass is 529 g/mol. The molecule has 0 radical (unpaired) electrons. The number of sulfonamides is 1. The number of anilines is 2. The fourth-order valence-electron chi connectivity index (χ4n) is 5.05. The molecular formula is C30H35N5O2S. The van der Waals surface area contributed by atoms with E-state index in [9.17, 15) is 8.42 Å². The number of aromatic nitrogens is 2. The van der Waals surface area contributed by atoms with E-state index < -0.39 is 10.0 Å². The van der Waals surface area contributed by atoms with Gasteiger partial charge < -0.3 is 5.32 Å². The van der Waals surface area contributed by atoms with Crippen LogP contribution in [0.25, 0.3) is 10.9 Å². The first-order valence-electron chi connectivity index (χ1n) is 13.2. The number of benzene rings is 3. The van der Waals surface area contributed by atoms with Crippen LogP contribution in [0.3, 0.4) is 0 Å². The molecule has 3 aromatic carbocycles. The van der Waals surface area contributed by atoms with Crippen molar-refractivity contribution in [3.8, 4) is 0 Å². The molecule has 38 heavy (non-hydrogen) atoms. The first kappa shape index (κ1) is 26.3. The van der Waals surface area contributed by atoms with Crippen molar-refractivity contribution in [1.29, 1.82) is 0 Å². The van der Waals surface area contributed by atoms with Crippen LogP contribution in [0.4, 0.5) is 11.5 Å². The Morgan fingerprint density at radius 2 is 1.53 bits per heavy atom. The highest BCUT2D eigenvalue weighted by Gasteiger charge is 2.31. The van der Waals surface area contributed by atoms with E-state index in [2.05, 4.69) is 56.1 Å². The number of nitrogens with zero attached hydrogens (tertiary/aromatic N) is 4. The lowest BCUT2D eigenvalue weighted by atomic mass is 10.1. The van der Waals surface area contributed by atoms with Gasteiger partial charge in [-0.1, -0.05) is 49.4 Å². The molecule has 1 N–H and O–H groups in total. The van der Waals surface area contributed by atoms with Crippen molar-refractivity contribution in [3.05, 3.63) is 89.2 Å². The van der Waals surface area contributed by atoms with Crippen molar-refractivity contribution >= 4 is 32.4 Å². The molecule has 0 spiro atoms. The molecule has 1 aromatic heterocycles. The van der Waals surface area contributed by atoms with Crippen molar-refractivity contribution in [2.45, 2.75) is 45.1 Å². The predicted octanol–water partition coefficient (Wildman–Crippen LogP) is 5.62. The summed E-state index contributed by atoms with van der Waals surface area (Å²) in [4.78, 5) is 12.5. The number of fused-ring (bicyclic) bond motifs is 1. The summed E-state index contributed by atoms with van der Waals surface area (Å²) in [6, 6.07) is 21.4. The zero-order valence-corrected chi connectivity index (χ0v) is 23.3. The van der Waals surface area contributed by atoms with Gasteiger partial charge in [0, 0.05) is 37.3 Å². The molecule has 1 fully saturated rings. The molecule has 0 saturated carbocycles. The summed E-state index contributed by atoms with van der Waals surface area (Å²) in [6.07, 6.45) is 0.884. The van der Waals surface area contributed by atoms with Gasteiger partial charge in [-0.05, 0) is 68.1 Å². The molecule has 4 aromatic rings. The van der Waals surface area contributed by atoms with Gasteiger partial charge in [-0.3, -0.25) is 4.90 Å². The first-order chi connectivity index (χ1) is 18.3. The van der Waals surface area contributed by atoms with Gasteiger partial charge in [-0.15, -0.1) is 0 Å². The third-order valence-corrected chi connectivity index (χ3v) is 9.42. The van der Waals surface area contributed by atoms with Gasteiger partial charge in [0.05, 0.1) is 16.5 Å². The van der Waals surface area contributed by atoms with Gasteiger partial charge in [-0.2, -0.15) is 4.31 Å². The van der Waals surface area contributed by atoms with Crippen molar-refractivity contribution in [2.75, 3.05) is 31.5 Å². The summed E-state index contributed by atoms with van der Waals surface area (Å²) in [6.45, 7) is 10.4. The van der Waals surface area contributed by atoms with E-state index in [4.69, 9.17) is 9.97 Å². The standard InChI is InChI=1S/C30H35N5O2S/c1-5-24-13-15-25(16-14-24)38(36,37)35-19-17-34(18-20-35)23(4)29-31-27-12-7-6-11-26(27)30(33-29)32-28-21(2)9-8-10-22(28)3/h6-16,23H,5,17-20H2,1-4H3,(H,31,32,33). The van der Waals surface area contributed by atoms with E-state index in [1.54, 1.807) is 16.4 Å². The van der Waals surface area contributed by atoms with Crippen LogP contribution in [0.5, 0.6) is 0 Å². The Balaban J connectivity index is 1.36. The van der Waals surface area contributed by atoms with E-state index in [0.717, 1.165) is 51.3 Å². The van der Waals surface area contributed by atoms with Crippen LogP contribution in [-0.2, 0) is 16.4 Å². The Morgan fingerprint density at radius 3 is 2.18 bits per heavy atom. The lowest BCUT2D eigenvalue weighted by Gasteiger charge is -2.37. The van der Waals surface area contributed by atoms with Crippen LogP contribution in [0.1, 0.15) is 42.4 Å². The SMILES string of the molecule is CCc1ccc(S(=O)(=O)N2CCN(C(C)c3nc(Nc4c(C)cccc4C)c4ccccc4n3)CC2)cc1. The average Bonchev–Trinajstić information content (AvgIpc) is 2.94. The molecule has 7 nitrogen and oxygen atoms in total. The molecule has 198 valence electrons. The number of aryl methyl sites for hydroxylation is 3. The quantitative estimate of drug-likeness (QED) is 0.335. The number of para-hydroxylation sites is 2. The van der Waals surface area contributed by atoms with Gasteiger partial charge in [0.25, 0.3) is 0 Å². The number of rotatable bonds is 7. The molecule has 1 unspecified atom stereocenters. The van der Waals surface area contributed by atoms with E-state index >= 15 is 0 Å². The topological polar surface area (TPSA) is 78.4 Å². The maximum absolute atomic E-state index is 13.2. The van der Waals surface area contributed by atoms with Crippen LogP contribution in [-0.4, -0.2) is 53.8 Å². The highest BCUT2D eigenvalue weighted by molar-refractivity contribution is 7.89. The lowest BCUT2D eigenvalue weighted by molar-refractivity contribution is 0.141. The van der Waals surface area contributed by atoms with Gasteiger partial charge >= 0.3 is 0 Å². The molecule has 0 amide bonds. The molecule has 1 aliphatic rings. The summed E-state index contributed by atoms with van der Waals surface area (Å²) in [5, 5.41) is 4.55. The summed E-state index contributed by atoms with van der Waals surface area (Å²) < 4.78 is 28.0. The largest absolute Gasteiger partial charge is 0.339 e. The zero-order valence-electron chi connectivity index (χ0n) is 22.5. The molecule has 0 bridgehead atoms. The van der Waals surface area contributed by atoms with Gasteiger partial charge in [0.2, 0.25) is 10.0 Å². The Hall–Kier alpha value is -3.33. The van der Waals surface area contributed by atoms with Gasteiger partial charge in [-0.25, -0.2) is 18.4 Å². The number of hydrogen-bond acceptors (Lipinski definition) is 6. The van der Waals surface area contributed by atoms with Gasteiger partial charge in [0.1, 0.15) is 11.6 Å². The third-order valence-electron chi connectivity index (χ3n) is 7.51. The lowest BCUT2D eigenvalue weighted by Crippen LogP contribution is -2.49. The van der Waals surface area contributed by atoms with E-state index in [1.165, 1.54) is 0 Å². The van der Waals surface area contributed by atoms with E-state index in [0.29, 0.717) is 31.1 Å². The molecule has 8 heteroatoms. The Kier molecular flexibility index (Phi) is 7.47. The van der Waals surface area contributed by atoms with Crippen LogP contribution in [0.15, 0.2) is 71.6 Å². The minimum atomic E-state index is -3.51. The highest BCUT2D eigenvalue weighted by Crippen LogP contribution is 2.30. The van der Waals surface area contributed by atoms with Crippen molar-refractivity contribution in [2.24, 2.45) is 0 Å². The Bertz CT molecular complexity index is 1520. The Morgan fingerprint density at radius 1 is 0.868 bits per heavy atom. The summed E-state index contributed by atoms with van der Waals surface area (Å²) >= 11 is 0. The van der Waals surface area contributed by atoms with Crippen molar-refractivity contribution < 1.29 is 8.42 Å². The van der Waals surface area contributed by atoms with E-state index in [-0.39, 0.29) is 6.04 Å². The molecule has 1 atom stereocenters. The summed E-state index contributed by atoms with van der Waals surface area (Å²) in [7, 11) is -3.51. The minimum Gasteiger partial charge on any atom is -0.339 e. The molecule has 1 aliphatic heterocycles. The summed E-state index contributed by atoms with van der Waals surface area (Å²) in [5.41, 5.74) is 5.38.